The van der Waals surface area contributed by atoms with E-state index < -0.39 is 5.91 Å². The molecule has 0 radical (unpaired) electrons. The van der Waals surface area contributed by atoms with Crippen molar-refractivity contribution in [3.63, 3.8) is 0 Å². The van der Waals surface area contributed by atoms with Gasteiger partial charge in [-0.15, -0.1) is 21.5 Å². The third-order valence-electron chi connectivity index (χ3n) is 5.58. The first-order valence-corrected chi connectivity index (χ1v) is 12.6. The van der Waals surface area contributed by atoms with Gasteiger partial charge in [0.2, 0.25) is 5.91 Å². The van der Waals surface area contributed by atoms with Crippen molar-refractivity contribution in [2.24, 2.45) is 13.0 Å². The van der Waals surface area contributed by atoms with E-state index in [0.29, 0.717) is 15.7 Å². The minimum absolute atomic E-state index is 0.0912. The van der Waals surface area contributed by atoms with Gasteiger partial charge in [-0.2, -0.15) is 0 Å². The van der Waals surface area contributed by atoms with Crippen molar-refractivity contribution in [1.29, 1.82) is 0 Å². The van der Waals surface area contributed by atoms with Crippen LogP contribution in [0.15, 0.2) is 35.5 Å². The molecule has 2 N–H and O–H groups in total. The lowest BCUT2D eigenvalue weighted by Crippen LogP contribution is -2.42. The molecule has 0 fully saturated rings. The molecule has 1 atom stereocenters. The second kappa shape index (κ2) is 10.1. The average molecular weight is 490 g/mol. The molecule has 32 heavy (non-hydrogen) atoms. The highest BCUT2D eigenvalue weighted by atomic mass is 35.5. The number of fused-ring (bicyclic) bond motifs is 1. The van der Waals surface area contributed by atoms with Gasteiger partial charge >= 0.3 is 0 Å². The van der Waals surface area contributed by atoms with Crippen LogP contribution >= 0.6 is 34.7 Å². The van der Waals surface area contributed by atoms with Crippen LogP contribution in [0, 0.1) is 5.92 Å². The Balaban J connectivity index is 1.33. The summed E-state index contributed by atoms with van der Waals surface area (Å²) in [6.07, 6.45) is 4.75. The lowest BCUT2D eigenvalue weighted by molar-refractivity contribution is -0.119. The van der Waals surface area contributed by atoms with Crippen molar-refractivity contribution in [3.8, 4) is 10.7 Å². The Bertz CT molecular complexity index is 1140. The number of aromatic nitrogens is 3. The predicted octanol–water partition coefficient (Wildman–Crippen LogP) is 4.27. The maximum Gasteiger partial charge on any atom is 0.271 e. The molecule has 10 heteroatoms. The van der Waals surface area contributed by atoms with E-state index in [4.69, 9.17) is 11.6 Å². The Labute approximate surface area is 199 Å². The zero-order valence-corrected chi connectivity index (χ0v) is 20.2. The highest BCUT2D eigenvalue weighted by Crippen LogP contribution is 2.38. The Kier molecular flexibility index (Phi) is 7.17. The quantitative estimate of drug-likeness (QED) is 0.399. The second-order valence-corrected chi connectivity index (χ2v) is 10.2. The fraction of sp³-hybridized carbons (Fsp3) is 0.364. The molecule has 7 nitrogen and oxygen atoms in total. The van der Waals surface area contributed by atoms with Crippen molar-refractivity contribution in [2.75, 3.05) is 5.75 Å². The van der Waals surface area contributed by atoms with E-state index in [2.05, 4.69) is 34.0 Å². The number of carbonyl (C=O) groups excluding carboxylic acids is 2. The molecule has 0 spiro atoms. The zero-order chi connectivity index (χ0) is 22.7. The molecule has 1 unspecified atom stereocenters. The van der Waals surface area contributed by atoms with Gasteiger partial charge in [0.15, 0.2) is 11.0 Å². The molecule has 4 rings (SSSR count). The molecule has 2 aromatic heterocycles. The first-order chi connectivity index (χ1) is 15.5. The summed E-state index contributed by atoms with van der Waals surface area (Å²) in [6, 6.07) is 8.89. The fourth-order valence-electron chi connectivity index (χ4n) is 3.72. The Morgan fingerprint density at radius 3 is 2.88 bits per heavy atom. The van der Waals surface area contributed by atoms with E-state index in [-0.39, 0.29) is 11.7 Å². The molecule has 1 aromatic carbocycles. The lowest BCUT2D eigenvalue weighted by atomic mass is 9.87. The number of rotatable bonds is 6. The van der Waals surface area contributed by atoms with Crippen molar-refractivity contribution in [2.45, 2.75) is 37.8 Å². The monoisotopic (exact) mass is 489 g/mol. The number of aryl methyl sites for hydroxylation is 1. The number of benzene rings is 1. The number of hydrogen-bond acceptors (Lipinski definition) is 6. The Morgan fingerprint density at radius 2 is 2.09 bits per heavy atom. The number of hydrazine groups is 1. The minimum atomic E-state index is -0.470. The predicted molar refractivity (Wildman–Crippen MR) is 128 cm³/mol. The van der Waals surface area contributed by atoms with Gasteiger partial charge in [0, 0.05) is 11.9 Å². The fourth-order valence-corrected chi connectivity index (χ4v) is 5.88. The summed E-state index contributed by atoms with van der Waals surface area (Å²) in [5, 5.41) is 9.57. The number of nitrogens with one attached hydrogen (secondary N) is 2. The number of thiophene rings is 1. The third-order valence-corrected chi connectivity index (χ3v) is 8.17. The van der Waals surface area contributed by atoms with Gasteiger partial charge in [0.25, 0.3) is 5.91 Å². The van der Waals surface area contributed by atoms with Crippen LogP contribution in [-0.4, -0.2) is 32.3 Å². The van der Waals surface area contributed by atoms with E-state index in [9.17, 15) is 9.59 Å². The van der Waals surface area contributed by atoms with E-state index in [1.54, 1.807) is 35.6 Å². The zero-order valence-electron chi connectivity index (χ0n) is 17.9. The van der Waals surface area contributed by atoms with E-state index in [1.807, 2.05) is 11.6 Å². The normalized spacial score (nSPS) is 15.3. The largest absolute Gasteiger partial charge is 0.304 e. The molecular formula is C22H24ClN5O2S2. The summed E-state index contributed by atoms with van der Waals surface area (Å²) < 4.78 is 1.91. The van der Waals surface area contributed by atoms with Gasteiger partial charge in [0.05, 0.1) is 21.2 Å². The van der Waals surface area contributed by atoms with Gasteiger partial charge in [-0.05, 0) is 48.9 Å². The summed E-state index contributed by atoms with van der Waals surface area (Å²) in [5.74, 6) is 0.854. The standard InChI is InChI=1S/C22H24ClN5O2S2/c1-3-13-8-9-17-14(10-13)11-18(32-17)20-25-27-22(28(20)2)31-12-19(29)24-26-21(30)15-6-4-5-7-16(15)23/h4-7,11,13H,3,8-10,12H2,1-2H3,(H,24,29)(H,26,30). The van der Waals surface area contributed by atoms with Crippen LogP contribution in [0.4, 0.5) is 0 Å². The van der Waals surface area contributed by atoms with Gasteiger partial charge < -0.3 is 4.57 Å². The van der Waals surface area contributed by atoms with Crippen LogP contribution in [0.25, 0.3) is 10.7 Å². The molecule has 0 saturated carbocycles. The van der Waals surface area contributed by atoms with Crippen molar-refractivity contribution in [3.05, 3.63) is 51.4 Å². The van der Waals surface area contributed by atoms with Crippen LogP contribution in [0.3, 0.4) is 0 Å². The van der Waals surface area contributed by atoms with Crippen LogP contribution in [0.2, 0.25) is 5.02 Å². The SMILES string of the molecule is CCC1CCc2sc(-c3nnc(SCC(=O)NNC(=O)c4ccccc4Cl)n3C)cc2C1. The van der Waals surface area contributed by atoms with Crippen molar-refractivity contribution >= 4 is 46.5 Å². The third kappa shape index (κ3) is 5.00. The number of carbonyl (C=O) groups is 2. The molecule has 2 amide bonds. The molecule has 1 aliphatic rings. The summed E-state index contributed by atoms with van der Waals surface area (Å²) in [4.78, 5) is 26.9. The molecule has 0 saturated heterocycles. The van der Waals surface area contributed by atoms with E-state index >= 15 is 0 Å². The highest BCUT2D eigenvalue weighted by Gasteiger charge is 2.22. The van der Waals surface area contributed by atoms with Crippen LogP contribution < -0.4 is 10.9 Å². The first-order valence-electron chi connectivity index (χ1n) is 10.4. The summed E-state index contributed by atoms with van der Waals surface area (Å²) in [5.41, 5.74) is 6.52. The van der Waals surface area contributed by atoms with Crippen LogP contribution in [-0.2, 0) is 24.7 Å². The van der Waals surface area contributed by atoms with Crippen molar-refractivity contribution < 1.29 is 9.59 Å². The minimum Gasteiger partial charge on any atom is -0.304 e. The first kappa shape index (κ1) is 22.8. The maximum atomic E-state index is 12.2. The maximum absolute atomic E-state index is 12.2. The Morgan fingerprint density at radius 1 is 1.28 bits per heavy atom. The second-order valence-electron chi connectivity index (χ2n) is 7.71. The van der Waals surface area contributed by atoms with E-state index in [0.717, 1.165) is 29.5 Å². The van der Waals surface area contributed by atoms with Gasteiger partial charge in [0.1, 0.15) is 0 Å². The van der Waals surface area contributed by atoms with E-state index in [1.165, 1.54) is 35.0 Å². The Hall–Kier alpha value is -2.36. The number of hydrogen-bond donors (Lipinski definition) is 2. The van der Waals surface area contributed by atoms with Crippen LogP contribution in [0.5, 0.6) is 0 Å². The van der Waals surface area contributed by atoms with Crippen molar-refractivity contribution in [1.82, 2.24) is 25.6 Å². The number of nitrogens with zero attached hydrogens (tertiary/aromatic N) is 3. The van der Waals surface area contributed by atoms with Gasteiger partial charge in [-0.25, -0.2) is 0 Å². The average Bonchev–Trinajstić information content (AvgIpc) is 3.38. The summed E-state index contributed by atoms with van der Waals surface area (Å²) >= 11 is 9.06. The lowest BCUT2D eigenvalue weighted by Gasteiger charge is -2.19. The van der Waals surface area contributed by atoms with Crippen LogP contribution in [0.1, 0.15) is 40.6 Å². The molecule has 1 aliphatic carbocycles. The summed E-state index contributed by atoms with van der Waals surface area (Å²) in [7, 11) is 1.91. The molecular weight excluding hydrogens is 466 g/mol. The smallest absolute Gasteiger partial charge is 0.271 e. The highest BCUT2D eigenvalue weighted by molar-refractivity contribution is 7.99. The van der Waals surface area contributed by atoms with Gasteiger partial charge in [-0.3, -0.25) is 20.4 Å². The molecule has 168 valence electrons. The number of thioether (sulfide) groups is 1. The summed E-state index contributed by atoms with van der Waals surface area (Å²) in [6.45, 7) is 2.26. The van der Waals surface area contributed by atoms with Gasteiger partial charge in [-0.1, -0.05) is 48.8 Å². The number of amides is 2. The topological polar surface area (TPSA) is 88.9 Å². The molecule has 0 bridgehead atoms. The molecule has 2 heterocycles. The molecule has 3 aromatic rings. The molecule has 0 aliphatic heterocycles. The number of halogens is 1.